The summed E-state index contributed by atoms with van der Waals surface area (Å²) in [5.74, 6) is 0.119. The van der Waals surface area contributed by atoms with E-state index in [9.17, 15) is 9.90 Å². The number of amides is 1. The second-order valence-electron chi connectivity index (χ2n) is 6.61. The maximum atomic E-state index is 12.1. The summed E-state index contributed by atoms with van der Waals surface area (Å²) in [6.07, 6.45) is -0.695. The monoisotopic (exact) mass is 388 g/mol. The molecule has 0 saturated carbocycles. The predicted molar refractivity (Wildman–Crippen MR) is 100 cm³/mol. The highest BCUT2D eigenvalue weighted by Crippen LogP contribution is 2.42. The van der Waals surface area contributed by atoms with E-state index < -0.39 is 12.0 Å². The first kappa shape index (κ1) is 18.0. The van der Waals surface area contributed by atoms with Crippen LogP contribution >= 0.6 is 11.3 Å². The highest BCUT2D eigenvalue weighted by molar-refractivity contribution is 7.09. The molecule has 1 aliphatic heterocycles. The van der Waals surface area contributed by atoms with E-state index in [0.717, 1.165) is 10.6 Å². The molecule has 2 unspecified atom stereocenters. The van der Waals surface area contributed by atoms with E-state index in [1.165, 1.54) is 11.3 Å². The Morgan fingerprint density at radius 1 is 1.41 bits per heavy atom. The maximum absolute atomic E-state index is 12.1. The molecule has 0 bridgehead atoms. The first-order valence-electron chi connectivity index (χ1n) is 8.60. The molecule has 3 heterocycles. The van der Waals surface area contributed by atoms with Gasteiger partial charge in [-0.3, -0.25) is 4.79 Å². The molecule has 0 aliphatic carbocycles. The summed E-state index contributed by atoms with van der Waals surface area (Å²) in [6, 6.07) is 3.56. The van der Waals surface area contributed by atoms with Crippen LogP contribution in [-0.4, -0.2) is 35.3 Å². The second-order valence-corrected chi connectivity index (χ2v) is 7.55. The molecule has 0 radical (unpaired) electrons. The summed E-state index contributed by atoms with van der Waals surface area (Å²) in [7, 11) is 0. The van der Waals surface area contributed by atoms with Crippen molar-refractivity contribution in [3.05, 3.63) is 45.1 Å². The zero-order valence-corrected chi connectivity index (χ0v) is 15.8. The standard InChI is InChI=1S/C19H20N2O5S/c1-9-15(27-8-21-9)7-25-13-3-4-14-18(16(19(20)23)10(2)26-14)17(13)11-5-24-6-12(11)22/h3-4,8,11-12,22H,5-7H2,1-2H3,(H2,20,23). The quantitative estimate of drug-likeness (QED) is 0.696. The number of nitrogens with two attached hydrogens (primary N) is 1. The van der Waals surface area contributed by atoms with Gasteiger partial charge in [0.2, 0.25) is 0 Å². The summed E-state index contributed by atoms with van der Waals surface area (Å²) >= 11 is 1.52. The number of carbonyl (C=O) groups excluding carboxylic acids is 1. The largest absolute Gasteiger partial charge is 0.488 e. The first-order chi connectivity index (χ1) is 13.0. The van der Waals surface area contributed by atoms with Crippen LogP contribution in [0.3, 0.4) is 0 Å². The van der Waals surface area contributed by atoms with Crippen LogP contribution in [0.25, 0.3) is 11.0 Å². The van der Waals surface area contributed by atoms with Crippen LogP contribution in [0.15, 0.2) is 22.1 Å². The number of primary amides is 1. The molecule has 3 aromatic rings. The van der Waals surface area contributed by atoms with Gasteiger partial charge in [0.1, 0.15) is 23.7 Å². The third kappa shape index (κ3) is 3.09. The van der Waals surface area contributed by atoms with E-state index in [0.29, 0.717) is 46.8 Å². The fourth-order valence-corrected chi connectivity index (χ4v) is 4.22. The van der Waals surface area contributed by atoms with Crippen molar-refractivity contribution in [3.63, 3.8) is 0 Å². The number of ether oxygens (including phenoxy) is 2. The fourth-order valence-electron chi connectivity index (χ4n) is 3.53. The minimum absolute atomic E-state index is 0.233. The average Bonchev–Trinajstić information content (AvgIpc) is 3.30. The molecule has 2 atom stereocenters. The van der Waals surface area contributed by atoms with Crippen molar-refractivity contribution in [2.75, 3.05) is 13.2 Å². The Kier molecular flexibility index (Phi) is 4.63. The van der Waals surface area contributed by atoms with Crippen LogP contribution in [-0.2, 0) is 11.3 Å². The Bertz CT molecular complexity index is 1010. The van der Waals surface area contributed by atoms with Crippen LogP contribution in [0.2, 0.25) is 0 Å². The number of rotatable bonds is 5. The van der Waals surface area contributed by atoms with Gasteiger partial charge in [-0.2, -0.15) is 0 Å². The van der Waals surface area contributed by atoms with Gasteiger partial charge < -0.3 is 24.7 Å². The van der Waals surface area contributed by atoms with E-state index in [1.54, 1.807) is 24.6 Å². The Morgan fingerprint density at radius 2 is 2.22 bits per heavy atom. The molecule has 7 nitrogen and oxygen atoms in total. The molecular formula is C19H20N2O5S. The van der Waals surface area contributed by atoms with Crippen LogP contribution in [0, 0.1) is 13.8 Å². The Morgan fingerprint density at radius 3 is 2.85 bits per heavy atom. The fraction of sp³-hybridized carbons (Fsp3) is 0.368. The van der Waals surface area contributed by atoms with Crippen molar-refractivity contribution in [3.8, 4) is 5.75 Å². The van der Waals surface area contributed by atoms with Gasteiger partial charge in [0.15, 0.2) is 0 Å². The molecular weight excluding hydrogens is 368 g/mol. The molecule has 2 aromatic heterocycles. The zero-order chi connectivity index (χ0) is 19.1. The number of aliphatic hydroxyl groups is 1. The Labute approximate surface area is 159 Å². The smallest absolute Gasteiger partial charge is 0.252 e. The summed E-state index contributed by atoms with van der Waals surface area (Å²) in [6.45, 7) is 4.54. The van der Waals surface area contributed by atoms with E-state index in [-0.39, 0.29) is 12.5 Å². The number of nitrogens with zero attached hydrogens (tertiary/aromatic N) is 1. The molecule has 1 aromatic carbocycles. The number of aromatic nitrogens is 1. The number of benzene rings is 1. The first-order valence-corrected chi connectivity index (χ1v) is 9.48. The summed E-state index contributed by atoms with van der Waals surface area (Å²) < 4.78 is 17.3. The third-order valence-corrected chi connectivity index (χ3v) is 5.81. The van der Waals surface area contributed by atoms with Gasteiger partial charge in [-0.25, -0.2) is 4.98 Å². The maximum Gasteiger partial charge on any atom is 0.252 e. The number of furan rings is 1. The van der Waals surface area contributed by atoms with Crippen LogP contribution in [0.4, 0.5) is 0 Å². The van der Waals surface area contributed by atoms with Gasteiger partial charge in [0.25, 0.3) is 5.91 Å². The number of thiazole rings is 1. The molecule has 27 heavy (non-hydrogen) atoms. The summed E-state index contributed by atoms with van der Waals surface area (Å²) in [5.41, 5.74) is 9.86. The lowest BCUT2D eigenvalue weighted by atomic mass is 9.90. The van der Waals surface area contributed by atoms with E-state index in [2.05, 4.69) is 4.98 Å². The summed E-state index contributed by atoms with van der Waals surface area (Å²) in [4.78, 5) is 17.3. The van der Waals surface area contributed by atoms with Crippen molar-refractivity contribution in [2.24, 2.45) is 5.73 Å². The number of fused-ring (bicyclic) bond motifs is 1. The SMILES string of the molecule is Cc1ncsc1COc1ccc2oc(C)c(C(N)=O)c2c1C1COCC1O. The van der Waals surface area contributed by atoms with Crippen LogP contribution in [0.5, 0.6) is 5.75 Å². The third-order valence-electron chi connectivity index (χ3n) is 4.90. The van der Waals surface area contributed by atoms with Gasteiger partial charge in [0.05, 0.1) is 41.0 Å². The highest BCUT2D eigenvalue weighted by atomic mass is 32.1. The lowest BCUT2D eigenvalue weighted by Gasteiger charge is -2.19. The normalized spacial score (nSPS) is 19.7. The molecule has 1 fully saturated rings. The predicted octanol–water partition coefficient (Wildman–Crippen LogP) is 2.66. The van der Waals surface area contributed by atoms with Gasteiger partial charge in [-0.05, 0) is 26.0 Å². The van der Waals surface area contributed by atoms with E-state index >= 15 is 0 Å². The minimum Gasteiger partial charge on any atom is -0.488 e. The van der Waals surface area contributed by atoms with Gasteiger partial charge >= 0.3 is 0 Å². The number of hydrogen-bond acceptors (Lipinski definition) is 7. The van der Waals surface area contributed by atoms with Crippen molar-refractivity contribution in [2.45, 2.75) is 32.5 Å². The number of aryl methyl sites for hydroxylation is 2. The number of carbonyl (C=O) groups is 1. The topological polar surface area (TPSA) is 108 Å². The molecule has 8 heteroatoms. The Hall–Kier alpha value is -2.42. The van der Waals surface area contributed by atoms with Crippen LogP contribution < -0.4 is 10.5 Å². The average molecular weight is 388 g/mol. The van der Waals surface area contributed by atoms with E-state index in [1.807, 2.05) is 6.92 Å². The minimum atomic E-state index is -0.695. The van der Waals surface area contributed by atoms with Crippen LogP contribution in [0.1, 0.15) is 38.2 Å². The van der Waals surface area contributed by atoms with Crippen molar-refractivity contribution >= 4 is 28.2 Å². The highest BCUT2D eigenvalue weighted by Gasteiger charge is 2.34. The zero-order valence-electron chi connectivity index (χ0n) is 15.0. The summed E-state index contributed by atoms with van der Waals surface area (Å²) in [5, 5.41) is 11.0. The van der Waals surface area contributed by atoms with Gasteiger partial charge in [-0.15, -0.1) is 11.3 Å². The van der Waals surface area contributed by atoms with E-state index in [4.69, 9.17) is 19.6 Å². The molecule has 1 aliphatic rings. The van der Waals surface area contributed by atoms with Crippen molar-refractivity contribution in [1.29, 1.82) is 0 Å². The van der Waals surface area contributed by atoms with Crippen molar-refractivity contribution in [1.82, 2.24) is 4.98 Å². The molecule has 3 N–H and O–H groups in total. The molecule has 1 amide bonds. The van der Waals surface area contributed by atoms with Gasteiger partial charge in [-0.1, -0.05) is 0 Å². The Balaban J connectivity index is 1.86. The molecule has 1 saturated heterocycles. The molecule has 4 rings (SSSR count). The number of hydrogen-bond donors (Lipinski definition) is 2. The van der Waals surface area contributed by atoms with Crippen molar-refractivity contribution < 1.29 is 23.8 Å². The molecule has 0 spiro atoms. The van der Waals surface area contributed by atoms with Gasteiger partial charge in [0, 0.05) is 16.9 Å². The second kappa shape index (κ2) is 6.95. The lowest BCUT2D eigenvalue weighted by molar-refractivity contribution is 0.1000. The molecule has 142 valence electrons. The lowest BCUT2D eigenvalue weighted by Crippen LogP contribution is -2.19. The number of aliphatic hydroxyl groups excluding tert-OH is 1.